The van der Waals surface area contributed by atoms with E-state index >= 15 is 0 Å². The van der Waals surface area contributed by atoms with Crippen molar-refractivity contribution in [3.05, 3.63) is 24.0 Å². The highest BCUT2D eigenvalue weighted by molar-refractivity contribution is 5.91. The number of methoxy groups -OCH3 is 1. The number of nitrogens with zero attached hydrogens (tertiary/aromatic N) is 4. The Bertz CT molecular complexity index is 807. The zero-order chi connectivity index (χ0) is 18.1. The van der Waals surface area contributed by atoms with Crippen molar-refractivity contribution >= 4 is 24.0 Å². The number of rotatable bonds is 6. The van der Waals surface area contributed by atoms with Gasteiger partial charge in [0, 0.05) is 24.1 Å². The molecule has 2 aromatic rings. The molecule has 0 unspecified atom stereocenters. The second-order valence-corrected chi connectivity index (χ2v) is 7.22. The molecule has 0 bridgehead atoms. The summed E-state index contributed by atoms with van der Waals surface area (Å²) >= 11 is 0. The number of tetrazole rings is 1. The molecule has 1 aromatic heterocycles. The Morgan fingerprint density at radius 2 is 2.15 bits per heavy atom. The summed E-state index contributed by atoms with van der Waals surface area (Å²) in [6.07, 6.45) is 5.79. The van der Waals surface area contributed by atoms with E-state index in [-0.39, 0.29) is 30.3 Å². The van der Waals surface area contributed by atoms with Crippen molar-refractivity contribution in [3.63, 3.8) is 0 Å². The molecule has 0 radical (unpaired) electrons. The lowest BCUT2D eigenvalue weighted by molar-refractivity contribution is -0.117. The zero-order valence-electron chi connectivity index (χ0n) is 15.3. The number of hydrogen-bond acceptors (Lipinski definition) is 6. The Morgan fingerprint density at radius 1 is 1.33 bits per heavy atom. The van der Waals surface area contributed by atoms with Gasteiger partial charge in [-0.3, -0.25) is 4.79 Å². The molecule has 27 heavy (non-hydrogen) atoms. The molecule has 2 aliphatic carbocycles. The van der Waals surface area contributed by atoms with Crippen molar-refractivity contribution in [2.75, 3.05) is 12.4 Å². The standard InChI is InChI=1S/C18H24N6O2.ClH/c1-26-16-8-7-13(20-17(25)9-12-3-2-4-14(12)19)10-15(16)24-18(11-5-6-11)21-22-23-24;/h7-8,10-12,14H,2-6,9,19H2,1H3,(H,20,25);1H/t12-,14+;/m0./s1. The molecule has 0 aliphatic heterocycles. The SMILES string of the molecule is COc1ccc(NC(=O)C[C@@H]2CCC[C@H]2N)cc1-n1nnnc1C1CC1.Cl. The van der Waals surface area contributed by atoms with E-state index in [0.717, 1.165) is 43.6 Å². The van der Waals surface area contributed by atoms with Crippen LogP contribution in [0, 0.1) is 5.92 Å². The highest BCUT2D eigenvalue weighted by Gasteiger charge is 2.31. The maximum absolute atomic E-state index is 12.4. The summed E-state index contributed by atoms with van der Waals surface area (Å²) in [4.78, 5) is 12.4. The fourth-order valence-corrected chi connectivity index (χ4v) is 3.66. The topological polar surface area (TPSA) is 108 Å². The number of carbonyl (C=O) groups is 1. The first kappa shape index (κ1) is 19.6. The molecule has 1 amide bonds. The number of carbonyl (C=O) groups excluding carboxylic acids is 1. The normalized spacial score (nSPS) is 21.6. The van der Waals surface area contributed by atoms with Gasteiger partial charge in [0.1, 0.15) is 11.4 Å². The van der Waals surface area contributed by atoms with Crippen LogP contribution < -0.4 is 15.8 Å². The lowest BCUT2D eigenvalue weighted by atomic mass is 10.00. The summed E-state index contributed by atoms with van der Waals surface area (Å²) in [6.45, 7) is 0. The third-order valence-electron chi connectivity index (χ3n) is 5.29. The third-order valence-corrected chi connectivity index (χ3v) is 5.29. The first-order chi connectivity index (χ1) is 12.7. The van der Waals surface area contributed by atoms with Gasteiger partial charge in [0.05, 0.1) is 7.11 Å². The van der Waals surface area contributed by atoms with Crippen LogP contribution in [0.5, 0.6) is 5.75 Å². The molecule has 4 rings (SSSR count). The summed E-state index contributed by atoms with van der Waals surface area (Å²) in [5.74, 6) is 2.16. The number of ether oxygens (including phenoxy) is 1. The number of benzene rings is 1. The Kier molecular flexibility index (Phi) is 5.96. The van der Waals surface area contributed by atoms with E-state index in [0.29, 0.717) is 23.8 Å². The number of aromatic nitrogens is 4. The first-order valence-electron chi connectivity index (χ1n) is 9.18. The van der Waals surface area contributed by atoms with Crippen LogP contribution in [0.25, 0.3) is 5.69 Å². The number of hydrogen-bond donors (Lipinski definition) is 2. The summed E-state index contributed by atoms with van der Waals surface area (Å²) < 4.78 is 7.17. The summed E-state index contributed by atoms with van der Waals surface area (Å²) in [7, 11) is 1.61. The molecule has 146 valence electrons. The fourth-order valence-electron chi connectivity index (χ4n) is 3.66. The van der Waals surface area contributed by atoms with Crippen molar-refractivity contribution in [2.24, 2.45) is 11.7 Å². The highest BCUT2D eigenvalue weighted by Crippen LogP contribution is 2.40. The van der Waals surface area contributed by atoms with E-state index in [1.54, 1.807) is 11.8 Å². The molecule has 2 fully saturated rings. The smallest absolute Gasteiger partial charge is 0.224 e. The minimum Gasteiger partial charge on any atom is -0.494 e. The van der Waals surface area contributed by atoms with Crippen LogP contribution in [0.1, 0.15) is 50.3 Å². The number of halogens is 1. The molecule has 2 aliphatic rings. The molecule has 2 atom stereocenters. The van der Waals surface area contributed by atoms with Gasteiger partial charge in [-0.2, -0.15) is 4.68 Å². The van der Waals surface area contributed by atoms with Crippen molar-refractivity contribution in [3.8, 4) is 11.4 Å². The lowest BCUT2D eigenvalue weighted by Gasteiger charge is -2.16. The average Bonchev–Trinajstić information content (AvgIpc) is 3.23. The second kappa shape index (κ2) is 8.22. The van der Waals surface area contributed by atoms with Crippen molar-refractivity contribution in [1.29, 1.82) is 0 Å². The monoisotopic (exact) mass is 392 g/mol. The molecule has 0 saturated heterocycles. The summed E-state index contributed by atoms with van der Waals surface area (Å²) in [5.41, 5.74) is 7.51. The molecular formula is C18H25ClN6O2. The number of amides is 1. The van der Waals surface area contributed by atoms with Crippen LogP contribution in [-0.4, -0.2) is 39.3 Å². The van der Waals surface area contributed by atoms with Gasteiger partial charge in [-0.1, -0.05) is 6.42 Å². The Morgan fingerprint density at radius 3 is 2.81 bits per heavy atom. The summed E-state index contributed by atoms with van der Waals surface area (Å²) in [6, 6.07) is 5.64. The van der Waals surface area contributed by atoms with Gasteiger partial charge >= 0.3 is 0 Å². The van der Waals surface area contributed by atoms with Gasteiger partial charge in [0.25, 0.3) is 0 Å². The molecule has 8 nitrogen and oxygen atoms in total. The summed E-state index contributed by atoms with van der Waals surface area (Å²) in [5, 5.41) is 15.0. The maximum atomic E-state index is 12.4. The van der Waals surface area contributed by atoms with Gasteiger partial charge < -0.3 is 15.8 Å². The Labute approximate surface area is 164 Å². The number of nitrogens with one attached hydrogen (secondary N) is 1. The van der Waals surface area contributed by atoms with Crippen LogP contribution in [0.3, 0.4) is 0 Å². The van der Waals surface area contributed by atoms with E-state index in [4.69, 9.17) is 10.5 Å². The van der Waals surface area contributed by atoms with E-state index in [2.05, 4.69) is 20.8 Å². The molecule has 1 heterocycles. The predicted octanol–water partition coefficient (Wildman–Crippen LogP) is 2.43. The molecular weight excluding hydrogens is 368 g/mol. The largest absolute Gasteiger partial charge is 0.494 e. The van der Waals surface area contributed by atoms with Crippen LogP contribution in [0.4, 0.5) is 5.69 Å². The highest BCUT2D eigenvalue weighted by atomic mass is 35.5. The van der Waals surface area contributed by atoms with Crippen LogP contribution in [-0.2, 0) is 4.79 Å². The van der Waals surface area contributed by atoms with Crippen LogP contribution in [0.15, 0.2) is 18.2 Å². The van der Waals surface area contributed by atoms with Gasteiger partial charge in [0.15, 0.2) is 5.82 Å². The van der Waals surface area contributed by atoms with Gasteiger partial charge in [-0.05, 0) is 60.2 Å². The zero-order valence-corrected chi connectivity index (χ0v) is 16.1. The third kappa shape index (κ3) is 4.22. The van der Waals surface area contributed by atoms with E-state index in [1.807, 2.05) is 18.2 Å². The van der Waals surface area contributed by atoms with E-state index in [9.17, 15) is 4.79 Å². The minimum atomic E-state index is -0.0115. The van der Waals surface area contributed by atoms with Crippen molar-refractivity contribution < 1.29 is 9.53 Å². The number of nitrogens with two attached hydrogens (primary N) is 1. The van der Waals surface area contributed by atoms with E-state index in [1.165, 1.54) is 0 Å². The van der Waals surface area contributed by atoms with Gasteiger partial charge in [-0.15, -0.1) is 17.5 Å². The lowest BCUT2D eigenvalue weighted by Crippen LogP contribution is -2.28. The molecule has 3 N–H and O–H groups in total. The quantitative estimate of drug-likeness (QED) is 0.781. The van der Waals surface area contributed by atoms with Gasteiger partial charge in [0.2, 0.25) is 5.91 Å². The van der Waals surface area contributed by atoms with Gasteiger partial charge in [-0.25, -0.2) is 0 Å². The van der Waals surface area contributed by atoms with Crippen molar-refractivity contribution in [2.45, 2.75) is 50.5 Å². The fraction of sp³-hybridized carbons (Fsp3) is 0.556. The molecule has 1 aromatic carbocycles. The van der Waals surface area contributed by atoms with E-state index < -0.39 is 0 Å². The second-order valence-electron chi connectivity index (χ2n) is 7.22. The maximum Gasteiger partial charge on any atom is 0.224 e. The first-order valence-corrected chi connectivity index (χ1v) is 9.18. The average molecular weight is 393 g/mol. The van der Waals surface area contributed by atoms with Crippen molar-refractivity contribution in [1.82, 2.24) is 20.2 Å². The molecule has 0 spiro atoms. The van der Waals surface area contributed by atoms with Crippen LogP contribution >= 0.6 is 12.4 Å². The Balaban J connectivity index is 0.00000210. The minimum absolute atomic E-state index is 0. The number of anilines is 1. The predicted molar refractivity (Wildman–Crippen MR) is 103 cm³/mol. The molecule has 2 saturated carbocycles. The molecule has 9 heteroatoms. The van der Waals surface area contributed by atoms with Crippen LogP contribution in [0.2, 0.25) is 0 Å². The Hall–Kier alpha value is -2.19.